The Labute approximate surface area is 147 Å². The van der Waals surface area contributed by atoms with Gasteiger partial charge in [0.15, 0.2) is 0 Å². The molecule has 2 aromatic rings. The molecule has 4 heteroatoms. The number of aromatic nitrogens is 1. The van der Waals surface area contributed by atoms with Gasteiger partial charge in [-0.15, -0.1) is 11.8 Å². The van der Waals surface area contributed by atoms with Gasteiger partial charge < -0.3 is 4.90 Å². The van der Waals surface area contributed by atoms with Gasteiger partial charge in [0, 0.05) is 40.2 Å². The largest absolute Gasteiger partial charge is 0.300 e. The highest BCUT2D eigenvalue weighted by molar-refractivity contribution is 8.00. The molecule has 2 saturated heterocycles. The van der Waals surface area contributed by atoms with Crippen molar-refractivity contribution in [2.45, 2.75) is 47.9 Å². The van der Waals surface area contributed by atoms with E-state index >= 15 is 0 Å². The molecule has 1 aromatic carbocycles. The van der Waals surface area contributed by atoms with Crippen LogP contribution in [0.3, 0.4) is 0 Å². The molecular formula is C19H21ClN2S. The van der Waals surface area contributed by atoms with Crippen molar-refractivity contribution >= 4 is 23.4 Å². The van der Waals surface area contributed by atoms with Crippen molar-refractivity contribution in [3.8, 4) is 11.1 Å². The molecular weight excluding hydrogens is 324 g/mol. The summed E-state index contributed by atoms with van der Waals surface area (Å²) < 4.78 is 0. The van der Waals surface area contributed by atoms with E-state index in [1.807, 2.05) is 24.0 Å². The summed E-state index contributed by atoms with van der Waals surface area (Å²) in [5.41, 5.74) is 2.25. The van der Waals surface area contributed by atoms with E-state index in [0.29, 0.717) is 5.25 Å². The van der Waals surface area contributed by atoms with E-state index < -0.39 is 0 Å². The lowest BCUT2D eigenvalue weighted by molar-refractivity contribution is 0.183. The number of nitrogens with zero attached hydrogens (tertiary/aromatic N) is 2. The van der Waals surface area contributed by atoms with Gasteiger partial charge in [0.05, 0.1) is 5.02 Å². The quantitative estimate of drug-likeness (QED) is 0.768. The number of fused-ring (bicyclic) bond motifs is 2. The SMILES string of the molecule is CN1[C@@H]2CC[C@H]1CC(Sc1ccc(-c3cccnc3)cc1Cl)C2. The highest BCUT2D eigenvalue weighted by Crippen LogP contribution is 2.43. The highest BCUT2D eigenvalue weighted by atomic mass is 35.5. The maximum atomic E-state index is 6.56. The van der Waals surface area contributed by atoms with Crippen LogP contribution in [0.1, 0.15) is 25.7 Å². The Morgan fingerprint density at radius 2 is 1.91 bits per heavy atom. The monoisotopic (exact) mass is 344 g/mol. The molecule has 2 fully saturated rings. The zero-order valence-electron chi connectivity index (χ0n) is 13.3. The lowest BCUT2D eigenvalue weighted by Crippen LogP contribution is -2.40. The van der Waals surface area contributed by atoms with Crippen LogP contribution in [0, 0.1) is 0 Å². The first-order valence-corrected chi connectivity index (χ1v) is 9.55. The predicted molar refractivity (Wildman–Crippen MR) is 98.1 cm³/mol. The second kappa shape index (κ2) is 6.46. The van der Waals surface area contributed by atoms with Crippen LogP contribution in [0.15, 0.2) is 47.6 Å². The van der Waals surface area contributed by atoms with Crippen LogP contribution in [0.2, 0.25) is 5.02 Å². The number of hydrogen-bond acceptors (Lipinski definition) is 3. The Morgan fingerprint density at radius 3 is 2.57 bits per heavy atom. The number of thioether (sulfide) groups is 1. The molecule has 1 unspecified atom stereocenters. The fourth-order valence-electron chi connectivity index (χ4n) is 3.95. The lowest BCUT2D eigenvalue weighted by Gasteiger charge is -2.36. The van der Waals surface area contributed by atoms with Crippen LogP contribution in [0.25, 0.3) is 11.1 Å². The third-order valence-electron chi connectivity index (χ3n) is 5.28. The van der Waals surface area contributed by atoms with Crippen molar-refractivity contribution in [2.24, 2.45) is 0 Å². The van der Waals surface area contributed by atoms with Crippen LogP contribution in [-0.2, 0) is 0 Å². The molecule has 0 amide bonds. The molecule has 2 aliphatic heterocycles. The van der Waals surface area contributed by atoms with Crippen molar-refractivity contribution in [2.75, 3.05) is 7.05 Å². The zero-order valence-corrected chi connectivity index (χ0v) is 14.9. The van der Waals surface area contributed by atoms with E-state index in [1.54, 1.807) is 6.20 Å². The zero-order chi connectivity index (χ0) is 15.8. The van der Waals surface area contributed by atoms with E-state index in [-0.39, 0.29) is 0 Å². The van der Waals surface area contributed by atoms with Gasteiger partial charge in [-0.2, -0.15) is 0 Å². The number of piperidine rings is 1. The number of halogens is 1. The van der Waals surface area contributed by atoms with Gasteiger partial charge in [0.25, 0.3) is 0 Å². The maximum absolute atomic E-state index is 6.56. The Balaban J connectivity index is 1.50. The minimum atomic E-state index is 0.699. The van der Waals surface area contributed by atoms with Crippen LogP contribution in [0.5, 0.6) is 0 Å². The molecule has 1 aromatic heterocycles. The number of benzene rings is 1. The minimum Gasteiger partial charge on any atom is -0.300 e. The second-order valence-corrected chi connectivity index (χ2v) is 8.40. The summed E-state index contributed by atoms with van der Waals surface area (Å²) in [6.45, 7) is 0. The van der Waals surface area contributed by atoms with Crippen molar-refractivity contribution in [1.82, 2.24) is 9.88 Å². The molecule has 0 saturated carbocycles. The van der Waals surface area contributed by atoms with E-state index in [0.717, 1.165) is 28.2 Å². The predicted octanol–water partition coefficient (Wildman–Crippen LogP) is 5.12. The average molecular weight is 345 g/mol. The van der Waals surface area contributed by atoms with Crippen molar-refractivity contribution in [3.63, 3.8) is 0 Å². The van der Waals surface area contributed by atoms with Crippen molar-refractivity contribution in [1.29, 1.82) is 0 Å². The molecule has 2 aliphatic rings. The molecule has 3 atom stereocenters. The average Bonchev–Trinajstić information content (AvgIpc) is 2.79. The van der Waals surface area contributed by atoms with Gasteiger partial charge in [0.1, 0.15) is 0 Å². The Morgan fingerprint density at radius 1 is 1.13 bits per heavy atom. The lowest BCUT2D eigenvalue weighted by atomic mass is 10.0. The normalized spacial score (nSPS) is 27.3. The summed E-state index contributed by atoms with van der Waals surface area (Å²) in [5, 5.41) is 1.56. The molecule has 4 rings (SSSR count). The molecule has 2 bridgehead atoms. The molecule has 23 heavy (non-hydrogen) atoms. The van der Waals surface area contributed by atoms with Crippen molar-refractivity contribution < 1.29 is 0 Å². The third kappa shape index (κ3) is 3.15. The summed E-state index contributed by atoms with van der Waals surface area (Å²) in [5.74, 6) is 0. The number of pyridine rings is 1. The first-order valence-electron chi connectivity index (χ1n) is 8.29. The van der Waals surface area contributed by atoms with Crippen molar-refractivity contribution in [3.05, 3.63) is 47.7 Å². The fraction of sp³-hybridized carbons (Fsp3) is 0.421. The molecule has 0 N–H and O–H groups in total. The van der Waals surface area contributed by atoms with E-state index in [9.17, 15) is 0 Å². The molecule has 2 nitrogen and oxygen atoms in total. The summed E-state index contributed by atoms with van der Waals surface area (Å²) in [6, 6.07) is 12.0. The van der Waals surface area contributed by atoms with Gasteiger partial charge in [-0.25, -0.2) is 0 Å². The Bertz CT molecular complexity index is 677. The Kier molecular flexibility index (Phi) is 4.35. The minimum absolute atomic E-state index is 0.699. The molecule has 0 spiro atoms. The van der Waals surface area contributed by atoms with Gasteiger partial charge in [-0.3, -0.25) is 4.98 Å². The summed E-state index contributed by atoms with van der Waals surface area (Å²) in [7, 11) is 2.29. The van der Waals surface area contributed by atoms with Crippen LogP contribution < -0.4 is 0 Å². The first-order chi connectivity index (χ1) is 11.2. The van der Waals surface area contributed by atoms with Crippen LogP contribution >= 0.6 is 23.4 Å². The Hall–Kier alpha value is -1.03. The number of hydrogen-bond donors (Lipinski definition) is 0. The summed E-state index contributed by atoms with van der Waals surface area (Å²) >= 11 is 8.53. The van der Waals surface area contributed by atoms with Crippen LogP contribution in [0.4, 0.5) is 0 Å². The maximum Gasteiger partial charge on any atom is 0.0548 e. The first kappa shape index (κ1) is 15.5. The highest BCUT2D eigenvalue weighted by Gasteiger charge is 2.38. The molecule has 3 heterocycles. The third-order valence-corrected chi connectivity index (χ3v) is 7.03. The topological polar surface area (TPSA) is 16.1 Å². The summed E-state index contributed by atoms with van der Waals surface area (Å²) in [6.07, 6.45) is 8.99. The van der Waals surface area contributed by atoms with Crippen LogP contribution in [-0.4, -0.2) is 34.3 Å². The fourth-order valence-corrected chi connectivity index (χ4v) is 5.58. The second-order valence-electron chi connectivity index (χ2n) is 6.65. The summed E-state index contributed by atoms with van der Waals surface area (Å²) in [4.78, 5) is 7.99. The smallest absolute Gasteiger partial charge is 0.0548 e. The van der Waals surface area contributed by atoms with E-state index in [2.05, 4.69) is 41.2 Å². The van der Waals surface area contributed by atoms with Gasteiger partial charge in [-0.1, -0.05) is 23.7 Å². The number of rotatable bonds is 3. The van der Waals surface area contributed by atoms with Gasteiger partial charge in [-0.05, 0) is 56.5 Å². The van der Waals surface area contributed by atoms with Gasteiger partial charge >= 0.3 is 0 Å². The van der Waals surface area contributed by atoms with Gasteiger partial charge in [0.2, 0.25) is 0 Å². The van der Waals surface area contributed by atoms with E-state index in [1.165, 1.54) is 30.6 Å². The molecule has 0 radical (unpaired) electrons. The standard InChI is InChI=1S/C19H21ClN2S/c1-22-15-5-6-16(22)11-17(10-15)23-19-7-4-13(9-18(19)20)14-3-2-8-21-12-14/h2-4,7-9,12,15-17H,5-6,10-11H2,1H3/t15-,16+,17?. The van der Waals surface area contributed by atoms with E-state index in [4.69, 9.17) is 11.6 Å². The molecule has 120 valence electrons. The molecule has 0 aliphatic carbocycles.